The van der Waals surface area contributed by atoms with Crippen molar-refractivity contribution in [2.45, 2.75) is 26.6 Å². The topological polar surface area (TPSA) is 72.0 Å². The molecular formula is C27H29N3O4. The number of pyridine rings is 1. The number of aryl methyl sites for hydroxylation is 1. The quantitative estimate of drug-likeness (QED) is 0.539. The maximum absolute atomic E-state index is 13.2. The van der Waals surface area contributed by atoms with Gasteiger partial charge >= 0.3 is 0 Å². The van der Waals surface area contributed by atoms with E-state index in [1.807, 2.05) is 55.5 Å². The number of nitrogens with zero attached hydrogens (tertiary/aromatic N) is 3. The van der Waals surface area contributed by atoms with Crippen LogP contribution >= 0.6 is 0 Å². The molecule has 0 saturated carbocycles. The Kier molecular flexibility index (Phi) is 7.42. The molecule has 1 aliphatic rings. The number of hydrogen-bond acceptors (Lipinski definition) is 5. The summed E-state index contributed by atoms with van der Waals surface area (Å²) in [6.07, 6.45) is 2.83. The van der Waals surface area contributed by atoms with Gasteiger partial charge in [-0.05, 0) is 55.3 Å². The molecule has 2 heterocycles. The number of para-hydroxylation sites is 2. The first-order valence-electron chi connectivity index (χ1n) is 11.4. The predicted molar refractivity (Wildman–Crippen MR) is 129 cm³/mol. The zero-order chi connectivity index (χ0) is 23.9. The number of hydrogen-bond donors (Lipinski definition) is 0. The van der Waals surface area contributed by atoms with Crippen molar-refractivity contribution in [3.05, 3.63) is 89.7 Å². The normalized spacial score (nSPS) is 14.4. The molecule has 0 radical (unpaired) electrons. The Balaban J connectivity index is 1.34. The number of rotatable bonds is 7. The van der Waals surface area contributed by atoms with Crippen molar-refractivity contribution in [2.75, 3.05) is 26.2 Å². The van der Waals surface area contributed by atoms with E-state index in [-0.39, 0.29) is 11.8 Å². The highest BCUT2D eigenvalue weighted by atomic mass is 16.5. The van der Waals surface area contributed by atoms with E-state index in [1.165, 1.54) is 0 Å². The summed E-state index contributed by atoms with van der Waals surface area (Å²) in [5.41, 5.74) is 2.49. The molecule has 1 unspecified atom stereocenters. The van der Waals surface area contributed by atoms with Crippen molar-refractivity contribution < 1.29 is 19.1 Å². The zero-order valence-corrected chi connectivity index (χ0v) is 19.5. The van der Waals surface area contributed by atoms with Crippen molar-refractivity contribution >= 4 is 11.8 Å². The van der Waals surface area contributed by atoms with Gasteiger partial charge in [0.05, 0.1) is 5.56 Å². The van der Waals surface area contributed by atoms with E-state index in [9.17, 15) is 9.59 Å². The largest absolute Gasteiger partial charge is 0.488 e. The van der Waals surface area contributed by atoms with Crippen LogP contribution in [-0.4, -0.2) is 58.9 Å². The third kappa shape index (κ3) is 5.54. The van der Waals surface area contributed by atoms with Crippen LogP contribution in [0.5, 0.6) is 11.5 Å². The summed E-state index contributed by atoms with van der Waals surface area (Å²) >= 11 is 0. The van der Waals surface area contributed by atoms with Crippen molar-refractivity contribution in [3.8, 4) is 11.5 Å². The number of piperazine rings is 1. The number of amides is 2. The molecule has 1 saturated heterocycles. The standard InChI is InChI=1S/C27H29N3O4/c1-20-7-3-5-9-24(20)34-21(2)26(31)29-15-17-30(18-16-29)27(32)23-8-4-6-10-25(23)33-19-22-11-13-28-14-12-22/h3-14,21H,15-19H2,1-2H3. The number of carbonyl (C=O) groups excluding carboxylic acids is 2. The van der Waals surface area contributed by atoms with Gasteiger partial charge in [0.2, 0.25) is 0 Å². The van der Waals surface area contributed by atoms with Gasteiger partial charge in [-0.3, -0.25) is 14.6 Å². The molecule has 7 heteroatoms. The van der Waals surface area contributed by atoms with E-state index < -0.39 is 6.10 Å². The minimum atomic E-state index is -0.592. The third-order valence-corrected chi connectivity index (χ3v) is 5.88. The van der Waals surface area contributed by atoms with Gasteiger partial charge in [-0.1, -0.05) is 30.3 Å². The summed E-state index contributed by atoms with van der Waals surface area (Å²) in [4.78, 5) is 33.7. The summed E-state index contributed by atoms with van der Waals surface area (Å²) in [5.74, 6) is 1.08. The first-order chi connectivity index (χ1) is 16.5. The van der Waals surface area contributed by atoms with E-state index >= 15 is 0 Å². The molecule has 34 heavy (non-hydrogen) atoms. The fourth-order valence-electron chi connectivity index (χ4n) is 3.90. The molecule has 0 aliphatic carbocycles. The molecule has 1 aliphatic heterocycles. The second-order valence-corrected chi connectivity index (χ2v) is 8.28. The lowest BCUT2D eigenvalue weighted by Gasteiger charge is -2.36. The fraction of sp³-hybridized carbons (Fsp3) is 0.296. The van der Waals surface area contributed by atoms with Crippen LogP contribution in [0.3, 0.4) is 0 Å². The molecule has 4 rings (SSSR count). The molecular weight excluding hydrogens is 430 g/mol. The Bertz CT molecular complexity index is 1130. The van der Waals surface area contributed by atoms with Gasteiger partial charge in [0.25, 0.3) is 11.8 Å². The average Bonchev–Trinajstić information content (AvgIpc) is 2.89. The molecule has 0 N–H and O–H groups in total. The summed E-state index contributed by atoms with van der Waals surface area (Å²) in [6.45, 7) is 5.92. The summed E-state index contributed by atoms with van der Waals surface area (Å²) in [7, 11) is 0. The molecule has 176 valence electrons. The third-order valence-electron chi connectivity index (χ3n) is 5.88. The van der Waals surface area contributed by atoms with Gasteiger partial charge in [-0.2, -0.15) is 0 Å². The zero-order valence-electron chi connectivity index (χ0n) is 19.5. The van der Waals surface area contributed by atoms with Gasteiger partial charge in [0.15, 0.2) is 6.10 Å². The van der Waals surface area contributed by atoms with Crippen LogP contribution in [0, 0.1) is 6.92 Å². The van der Waals surface area contributed by atoms with E-state index in [0.717, 1.165) is 11.1 Å². The van der Waals surface area contributed by atoms with Crippen LogP contribution in [0.4, 0.5) is 0 Å². The van der Waals surface area contributed by atoms with E-state index in [0.29, 0.717) is 49.8 Å². The molecule has 2 aromatic carbocycles. The molecule has 1 fully saturated rings. The monoisotopic (exact) mass is 459 g/mol. The Morgan fingerprint density at radius 3 is 2.21 bits per heavy atom. The van der Waals surface area contributed by atoms with Crippen LogP contribution in [0.1, 0.15) is 28.4 Å². The van der Waals surface area contributed by atoms with Crippen LogP contribution in [0.15, 0.2) is 73.1 Å². The minimum absolute atomic E-state index is 0.0727. The van der Waals surface area contributed by atoms with Gasteiger partial charge in [-0.15, -0.1) is 0 Å². The molecule has 7 nitrogen and oxygen atoms in total. The first-order valence-corrected chi connectivity index (χ1v) is 11.4. The Labute approximate surface area is 199 Å². The fourth-order valence-corrected chi connectivity index (χ4v) is 3.90. The maximum Gasteiger partial charge on any atom is 0.263 e. The number of benzene rings is 2. The van der Waals surface area contributed by atoms with Gasteiger partial charge < -0.3 is 19.3 Å². The summed E-state index contributed by atoms with van der Waals surface area (Å²) < 4.78 is 11.8. The smallest absolute Gasteiger partial charge is 0.263 e. The second-order valence-electron chi connectivity index (χ2n) is 8.28. The molecule has 1 aromatic heterocycles. The Morgan fingerprint density at radius 2 is 1.50 bits per heavy atom. The lowest BCUT2D eigenvalue weighted by Crippen LogP contribution is -2.53. The predicted octanol–water partition coefficient (Wildman–Crippen LogP) is 3.72. The molecule has 3 aromatic rings. The van der Waals surface area contributed by atoms with Gasteiger partial charge in [-0.25, -0.2) is 0 Å². The second kappa shape index (κ2) is 10.8. The first kappa shape index (κ1) is 23.3. The van der Waals surface area contributed by atoms with Crippen molar-refractivity contribution in [3.63, 3.8) is 0 Å². The van der Waals surface area contributed by atoms with Crippen LogP contribution in [0.2, 0.25) is 0 Å². The van der Waals surface area contributed by atoms with Crippen molar-refractivity contribution in [2.24, 2.45) is 0 Å². The summed E-state index contributed by atoms with van der Waals surface area (Å²) in [6, 6.07) is 18.7. The van der Waals surface area contributed by atoms with Crippen molar-refractivity contribution in [1.82, 2.24) is 14.8 Å². The van der Waals surface area contributed by atoms with E-state index in [1.54, 1.807) is 41.2 Å². The molecule has 1 atom stereocenters. The maximum atomic E-state index is 13.2. The van der Waals surface area contributed by atoms with Crippen molar-refractivity contribution in [1.29, 1.82) is 0 Å². The molecule has 0 spiro atoms. The summed E-state index contributed by atoms with van der Waals surface area (Å²) in [5, 5.41) is 0. The number of carbonyl (C=O) groups is 2. The Hall–Kier alpha value is -3.87. The van der Waals surface area contributed by atoms with Gasteiger partial charge in [0, 0.05) is 38.6 Å². The highest BCUT2D eigenvalue weighted by Gasteiger charge is 2.29. The lowest BCUT2D eigenvalue weighted by molar-refractivity contribution is -0.139. The highest BCUT2D eigenvalue weighted by Crippen LogP contribution is 2.23. The number of ether oxygens (including phenoxy) is 2. The Morgan fingerprint density at radius 1 is 0.882 bits per heavy atom. The van der Waals surface area contributed by atoms with E-state index in [2.05, 4.69) is 4.98 Å². The minimum Gasteiger partial charge on any atom is -0.488 e. The van der Waals surface area contributed by atoms with Crippen LogP contribution < -0.4 is 9.47 Å². The highest BCUT2D eigenvalue weighted by molar-refractivity contribution is 5.97. The molecule has 2 amide bonds. The van der Waals surface area contributed by atoms with Crippen LogP contribution in [-0.2, 0) is 11.4 Å². The molecule has 0 bridgehead atoms. The van der Waals surface area contributed by atoms with Crippen LogP contribution in [0.25, 0.3) is 0 Å². The number of aromatic nitrogens is 1. The van der Waals surface area contributed by atoms with E-state index in [4.69, 9.17) is 9.47 Å². The SMILES string of the molecule is Cc1ccccc1OC(C)C(=O)N1CCN(C(=O)c2ccccc2OCc2ccncc2)CC1. The van der Waals surface area contributed by atoms with Gasteiger partial charge in [0.1, 0.15) is 18.1 Å². The lowest BCUT2D eigenvalue weighted by atomic mass is 10.1. The average molecular weight is 460 g/mol.